The van der Waals surface area contributed by atoms with Gasteiger partial charge < -0.3 is 19.5 Å². The molecule has 0 atom stereocenters. The molecule has 4 rings (SSSR count). The molecule has 25 heavy (non-hydrogen) atoms. The van der Waals surface area contributed by atoms with E-state index in [9.17, 15) is 15.0 Å². The van der Waals surface area contributed by atoms with Gasteiger partial charge in [0.1, 0.15) is 22.5 Å². The smallest absolute Gasteiger partial charge is 0.236 e. The predicted molar refractivity (Wildman–Crippen MR) is 95.1 cm³/mol. The first-order chi connectivity index (χ1) is 11.7. The van der Waals surface area contributed by atoms with Crippen molar-refractivity contribution in [2.45, 2.75) is 26.4 Å². The molecule has 2 heterocycles. The van der Waals surface area contributed by atoms with Crippen LogP contribution in [0.25, 0.3) is 32.7 Å². The molecule has 6 nitrogen and oxygen atoms in total. The number of rotatable bonds is 1. The molecule has 4 aromatic rings. The minimum atomic E-state index is -0.587. The number of hydrogen-bond donors (Lipinski definition) is 2. The van der Waals surface area contributed by atoms with Gasteiger partial charge in [-0.2, -0.15) is 4.73 Å². The molecule has 0 amide bonds. The molecule has 2 aromatic carbocycles. The van der Waals surface area contributed by atoms with Crippen LogP contribution < -0.4 is 10.3 Å². The highest BCUT2D eigenvalue weighted by Crippen LogP contribution is 2.36. The minimum absolute atomic E-state index is 0.0774. The topological polar surface area (TPSA) is 84.8 Å². The third-order valence-electron chi connectivity index (χ3n) is 3.92. The fourth-order valence-corrected chi connectivity index (χ4v) is 3.00. The Bertz CT molecular complexity index is 1190. The summed E-state index contributed by atoms with van der Waals surface area (Å²) in [5.41, 5.74) is 0.103. The molecule has 0 aliphatic heterocycles. The van der Waals surface area contributed by atoms with Gasteiger partial charge in [0.25, 0.3) is 0 Å². The van der Waals surface area contributed by atoms with Gasteiger partial charge >= 0.3 is 0 Å². The standard InChI is InChI=1S/C19H17NO5/c1-19(2,3)25-20-9-12-11-8-10(21)4-6-14(11)24-15-7-5-13(22)17(16(12)15)18(20)23/h4-9,21,23H,1-3H3. The van der Waals surface area contributed by atoms with E-state index < -0.39 is 5.60 Å². The van der Waals surface area contributed by atoms with Crippen LogP contribution in [0.5, 0.6) is 11.6 Å². The van der Waals surface area contributed by atoms with Crippen molar-refractivity contribution in [3.05, 3.63) is 46.8 Å². The molecule has 0 aliphatic rings. The number of nitrogens with zero attached hydrogens (tertiary/aromatic N) is 1. The number of phenols is 1. The van der Waals surface area contributed by atoms with Gasteiger partial charge in [0.2, 0.25) is 5.88 Å². The molecule has 0 saturated heterocycles. The lowest BCUT2D eigenvalue weighted by Gasteiger charge is -2.24. The number of phenolic OH excluding ortho intramolecular Hbond substituents is 1. The summed E-state index contributed by atoms with van der Waals surface area (Å²) in [6.07, 6.45) is 1.60. The van der Waals surface area contributed by atoms with Crippen molar-refractivity contribution in [1.29, 1.82) is 0 Å². The summed E-state index contributed by atoms with van der Waals surface area (Å²) in [5, 5.41) is 22.3. The number of aromatic hydroxyl groups is 2. The van der Waals surface area contributed by atoms with Crippen LogP contribution in [0.3, 0.4) is 0 Å². The molecule has 0 radical (unpaired) electrons. The molecule has 0 bridgehead atoms. The molecule has 6 heteroatoms. The minimum Gasteiger partial charge on any atom is -0.508 e. The van der Waals surface area contributed by atoms with Crippen molar-refractivity contribution in [2.24, 2.45) is 0 Å². The van der Waals surface area contributed by atoms with Crippen LogP contribution in [0, 0.1) is 0 Å². The van der Waals surface area contributed by atoms with E-state index in [1.807, 2.05) is 20.8 Å². The fourth-order valence-electron chi connectivity index (χ4n) is 3.00. The van der Waals surface area contributed by atoms with E-state index in [-0.39, 0.29) is 22.4 Å². The van der Waals surface area contributed by atoms with Gasteiger partial charge in [-0.15, -0.1) is 0 Å². The summed E-state index contributed by atoms with van der Waals surface area (Å²) in [6, 6.07) is 7.69. The van der Waals surface area contributed by atoms with Crippen molar-refractivity contribution in [3.63, 3.8) is 0 Å². The molecule has 2 N–H and O–H groups in total. The van der Waals surface area contributed by atoms with E-state index in [1.54, 1.807) is 24.4 Å². The van der Waals surface area contributed by atoms with Gasteiger partial charge in [0, 0.05) is 16.2 Å². The van der Waals surface area contributed by atoms with Crippen LogP contribution in [0.4, 0.5) is 0 Å². The summed E-state index contributed by atoms with van der Waals surface area (Å²) in [6.45, 7) is 5.52. The third-order valence-corrected chi connectivity index (χ3v) is 3.92. The summed E-state index contributed by atoms with van der Waals surface area (Å²) >= 11 is 0. The molecule has 0 aliphatic carbocycles. The summed E-state index contributed by atoms with van der Waals surface area (Å²) < 4.78 is 7.04. The van der Waals surface area contributed by atoms with E-state index in [0.29, 0.717) is 27.3 Å². The highest BCUT2D eigenvalue weighted by atomic mass is 16.7. The molecule has 0 saturated carbocycles. The second-order valence-corrected chi connectivity index (χ2v) is 6.99. The Kier molecular flexibility index (Phi) is 3.03. The molecule has 128 valence electrons. The summed E-state index contributed by atoms with van der Waals surface area (Å²) in [5.74, 6) is -0.207. The van der Waals surface area contributed by atoms with Crippen LogP contribution in [0.15, 0.2) is 45.7 Å². The number of aromatic nitrogens is 1. The Balaban J connectivity index is 2.26. The van der Waals surface area contributed by atoms with Crippen molar-refractivity contribution >= 4 is 32.7 Å². The number of hydrogen-bond acceptors (Lipinski definition) is 5. The van der Waals surface area contributed by atoms with Gasteiger partial charge in [-0.05, 0) is 51.1 Å². The van der Waals surface area contributed by atoms with Crippen molar-refractivity contribution in [1.82, 2.24) is 4.73 Å². The van der Waals surface area contributed by atoms with E-state index in [4.69, 9.17) is 9.25 Å². The maximum absolute atomic E-state index is 12.4. The maximum atomic E-state index is 12.4. The SMILES string of the molecule is CC(C)(C)On1cc2c3cc(O)ccc3oc3ccc(=O)c(c1O)c32. The van der Waals surface area contributed by atoms with Gasteiger partial charge in [-0.3, -0.25) is 4.79 Å². The van der Waals surface area contributed by atoms with E-state index in [0.717, 1.165) is 0 Å². The molecular formula is C19H17NO5. The highest BCUT2D eigenvalue weighted by Gasteiger charge is 2.21. The lowest BCUT2D eigenvalue weighted by Crippen LogP contribution is -2.31. The first kappa shape index (κ1) is 15.4. The Morgan fingerprint density at radius 1 is 1.00 bits per heavy atom. The van der Waals surface area contributed by atoms with Crippen molar-refractivity contribution in [3.8, 4) is 11.6 Å². The lowest BCUT2D eigenvalue weighted by atomic mass is 10.0. The van der Waals surface area contributed by atoms with Gasteiger partial charge in [0.15, 0.2) is 5.43 Å². The molecule has 2 aromatic heterocycles. The quantitative estimate of drug-likeness (QED) is 0.409. The van der Waals surface area contributed by atoms with Crippen LogP contribution in [0.1, 0.15) is 20.8 Å². The first-order valence-corrected chi connectivity index (χ1v) is 7.87. The molecule has 0 fully saturated rings. The lowest BCUT2D eigenvalue weighted by molar-refractivity contribution is -0.0239. The van der Waals surface area contributed by atoms with Crippen LogP contribution in [-0.2, 0) is 0 Å². The Labute approximate surface area is 142 Å². The monoisotopic (exact) mass is 339 g/mol. The Morgan fingerprint density at radius 3 is 2.44 bits per heavy atom. The Morgan fingerprint density at radius 2 is 1.72 bits per heavy atom. The van der Waals surface area contributed by atoms with Gasteiger partial charge in [0.05, 0.1) is 11.6 Å². The zero-order valence-electron chi connectivity index (χ0n) is 14.0. The van der Waals surface area contributed by atoms with Crippen LogP contribution in [0.2, 0.25) is 0 Å². The third kappa shape index (κ3) is 2.38. The number of pyridine rings is 1. The average molecular weight is 339 g/mol. The first-order valence-electron chi connectivity index (χ1n) is 7.87. The van der Waals surface area contributed by atoms with Crippen LogP contribution in [-0.4, -0.2) is 20.5 Å². The van der Waals surface area contributed by atoms with E-state index in [2.05, 4.69) is 0 Å². The van der Waals surface area contributed by atoms with E-state index >= 15 is 0 Å². The summed E-state index contributed by atoms with van der Waals surface area (Å²) in [7, 11) is 0. The van der Waals surface area contributed by atoms with Crippen LogP contribution >= 0.6 is 0 Å². The summed E-state index contributed by atoms with van der Waals surface area (Å²) in [4.78, 5) is 18.2. The molecular weight excluding hydrogens is 322 g/mol. The zero-order valence-corrected chi connectivity index (χ0v) is 14.0. The van der Waals surface area contributed by atoms with E-state index in [1.165, 1.54) is 16.9 Å². The van der Waals surface area contributed by atoms with Crippen molar-refractivity contribution < 1.29 is 19.5 Å². The molecule has 0 spiro atoms. The van der Waals surface area contributed by atoms with Crippen molar-refractivity contribution in [2.75, 3.05) is 0 Å². The normalized spacial score (nSPS) is 12.3. The van der Waals surface area contributed by atoms with Gasteiger partial charge in [-0.25, -0.2) is 0 Å². The maximum Gasteiger partial charge on any atom is 0.236 e. The zero-order chi connectivity index (χ0) is 17.9. The second-order valence-electron chi connectivity index (χ2n) is 6.99. The fraction of sp³-hybridized carbons (Fsp3) is 0.211. The second kappa shape index (κ2) is 4.92. The highest BCUT2D eigenvalue weighted by molar-refractivity contribution is 6.18. The Hall–Kier alpha value is -3.15. The average Bonchev–Trinajstić information content (AvgIpc) is 2.52. The number of fused-ring (bicyclic) bond motifs is 2. The number of benzene rings is 2. The van der Waals surface area contributed by atoms with Gasteiger partial charge in [-0.1, -0.05) is 0 Å². The predicted octanol–water partition coefficient (Wildman–Crippen LogP) is 3.54. The molecule has 0 unspecified atom stereocenters. The largest absolute Gasteiger partial charge is 0.508 e.